The lowest BCUT2D eigenvalue weighted by Crippen LogP contribution is -2.57. The van der Waals surface area contributed by atoms with Crippen LogP contribution in [0.3, 0.4) is 0 Å². The van der Waals surface area contributed by atoms with Gasteiger partial charge >= 0.3 is 0 Å². The normalized spacial score (nSPS) is 37.9. The molecule has 4 bridgehead atoms. The Hall–Kier alpha value is -0.280. The van der Waals surface area contributed by atoms with Gasteiger partial charge in [-0.2, -0.15) is 0 Å². The van der Waals surface area contributed by atoms with Gasteiger partial charge in [-0.25, -0.2) is 0 Å². The molecule has 0 unspecified atom stereocenters. The van der Waals surface area contributed by atoms with E-state index in [1.54, 1.807) is 0 Å². The fourth-order valence-electron chi connectivity index (χ4n) is 5.04. The maximum absolute atomic E-state index is 12.2. The summed E-state index contributed by atoms with van der Waals surface area (Å²) < 4.78 is 0. The molecule has 0 radical (unpaired) electrons. The highest BCUT2D eigenvalue weighted by Crippen LogP contribution is 2.53. The number of hydrogen-bond donors (Lipinski definition) is 1. The van der Waals surface area contributed by atoms with Crippen LogP contribution in [0.1, 0.15) is 46.0 Å². The SMILES string of the molecule is CCN(CC)CC(=O)NC1C2CC3CC(C2)CC1C3.Cl. The van der Waals surface area contributed by atoms with Gasteiger partial charge in [0, 0.05) is 6.04 Å². The van der Waals surface area contributed by atoms with Crippen LogP contribution < -0.4 is 5.32 Å². The van der Waals surface area contributed by atoms with Crippen molar-refractivity contribution in [1.29, 1.82) is 0 Å². The van der Waals surface area contributed by atoms with Crippen LogP contribution in [0.25, 0.3) is 0 Å². The molecule has 0 aromatic rings. The molecule has 4 rings (SSSR count). The van der Waals surface area contributed by atoms with E-state index in [9.17, 15) is 4.79 Å². The molecule has 4 fully saturated rings. The van der Waals surface area contributed by atoms with Crippen molar-refractivity contribution in [3.8, 4) is 0 Å². The summed E-state index contributed by atoms with van der Waals surface area (Å²) in [6.07, 6.45) is 6.99. The van der Waals surface area contributed by atoms with Crippen LogP contribution >= 0.6 is 12.4 Å². The van der Waals surface area contributed by atoms with Crippen LogP contribution in [0, 0.1) is 23.7 Å². The van der Waals surface area contributed by atoms with Crippen molar-refractivity contribution >= 4 is 18.3 Å². The van der Waals surface area contributed by atoms with Gasteiger partial charge < -0.3 is 5.32 Å². The van der Waals surface area contributed by atoms with Gasteiger partial charge in [-0.05, 0) is 68.9 Å². The van der Waals surface area contributed by atoms with Crippen molar-refractivity contribution in [3.63, 3.8) is 0 Å². The van der Waals surface area contributed by atoms with Crippen molar-refractivity contribution in [2.24, 2.45) is 23.7 Å². The third-order valence-electron chi connectivity index (χ3n) is 5.82. The van der Waals surface area contributed by atoms with E-state index in [2.05, 4.69) is 24.1 Å². The first kappa shape index (κ1) is 16.1. The Balaban J connectivity index is 0.00000147. The first-order chi connectivity index (χ1) is 9.19. The molecule has 4 aliphatic carbocycles. The van der Waals surface area contributed by atoms with Crippen molar-refractivity contribution in [3.05, 3.63) is 0 Å². The zero-order valence-electron chi connectivity index (χ0n) is 12.8. The van der Waals surface area contributed by atoms with Crippen LogP contribution in [-0.2, 0) is 4.79 Å². The summed E-state index contributed by atoms with van der Waals surface area (Å²) in [5.74, 6) is 3.80. The number of halogens is 1. The standard InChI is InChI=1S/C16H28N2O.ClH/c1-3-18(4-2)10-15(19)17-16-13-6-11-5-12(8-13)9-14(16)7-11;/h11-14,16H,3-10H2,1-2H3,(H,17,19);1H. The predicted molar refractivity (Wildman–Crippen MR) is 84.0 cm³/mol. The lowest BCUT2D eigenvalue weighted by molar-refractivity contribution is -0.126. The predicted octanol–water partition coefficient (Wildman–Crippen LogP) is 2.69. The van der Waals surface area contributed by atoms with Crippen LogP contribution in [0.5, 0.6) is 0 Å². The van der Waals surface area contributed by atoms with Gasteiger partial charge in [-0.1, -0.05) is 13.8 Å². The highest BCUT2D eigenvalue weighted by atomic mass is 35.5. The summed E-state index contributed by atoms with van der Waals surface area (Å²) in [6, 6.07) is 0.496. The van der Waals surface area contributed by atoms with Gasteiger partial charge in [-0.3, -0.25) is 9.69 Å². The number of amides is 1. The first-order valence-electron chi connectivity index (χ1n) is 8.21. The minimum absolute atomic E-state index is 0. The van der Waals surface area contributed by atoms with Crippen molar-refractivity contribution in [2.45, 2.75) is 52.0 Å². The van der Waals surface area contributed by atoms with E-state index in [1.807, 2.05) is 0 Å². The average molecular weight is 301 g/mol. The van der Waals surface area contributed by atoms with Crippen LogP contribution in [0.15, 0.2) is 0 Å². The van der Waals surface area contributed by atoms with Gasteiger partial charge in [0.15, 0.2) is 0 Å². The molecule has 4 heteroatoms. The lowest BCUT2D eigenvalue weighted by atomic mass is 9.54. The highest BCUT2D eigenvalue weighted by Gasteiger charge is 2.48. The Morgan fingerprint density at radius 2 is 1.50 bits per heavy atom. The number of carbonyl (C=O) groups excluding carboxylic acids is 1. The summed E-state index contributed by atoms with van der Waals surface area (Å²) >= 11 is 0. The Kier molecular flexibility index (Phi) is 5.36. The molecule has 0 saturated heterocycles. The van der Waals surface area contributed by atoms with Crippen molar-refractivity contribution in [2.75, 3.05) is 19.6 Å². The molecule has 4 aliphatic rings. The monoisotopic (exact) mass is 300 g/mol. The average Bonchev–Trinajstić information content (AvgIpc) is 2.39. The van der Waals surface area contributed by atoms with E-state index in [1.165, 1.54) is 32.1 Å². The molecule has 3 nitrogen and oxygen atoms in total. The Morgan fingerprint density at radius 1 is 1.00 bits per heavy atom. The summed E-state index contributed by atoms with van der Waals surface area (Å²) in [5, 5.41) is 3.38. The van der Waals surface area contributed by atoms with Gasteiger partial charge in [0.25, 0.3) is 0 Å². The summed E-state index contributed by atoms with van der Waals surface area (Å²) in [7, 11) is 0. The smallest absolute Gasteiger partial charge is 0.234 e. The molecule has 0 aromatic heterocycles. The van der Waals surface area contributed by atoms with E-state index in [0.29, 0.717) is 12.6 Å². The number of hydrogen-bond acceptors (Lipinski definition) is 2. The fraction of sp³-hybridized carbons (Fsp3) is 0.938. The van der Waals surface area contributed by atoms with Gasteiger partial charge in [0.2, 0.25) is 5.91 Å². The molecule has 0 atom stereocenters. The zero-order valence-corrected chi connectivity index (χ0v) is 13.6. The number of rotatable bonds is 5. The molecule has 0 aromatic carbocycles. The van der Waals surface area contributed by atoms with Gasteiger partial charge in [0.1, 0.15) is 0 Å². The Bertz CT molecular complexity index is 315. The molecule has 116 valence electrons. The van der Waals surface area contributed by atoms with Crippen molar-refractivity contribution < 1.29 is 4.79 Å². The number of nitrogens with zero attached hydrogens (tertiary/aromatic N) is 1. The lowest BCUT2D eigenvalue weighted by Gasteiger charge is -2.54. The second-order valence-electron chi connectivity index (χ2n) is 6.99. The fourth-order valence-corrected chi connectivity index (χ4v) is 5.04. The van der Waals surface area contributed by atoms with Crippen LogP contribution in [-0.4, -0.2) is 36.5 Å². The summed E-state index contributed by atoms with van der Waals surface area (Å²) in [4.78, 5) is 14.4. The molecule has 20 heavy (non-hydrogen) atoms. The van der Waals surface area contributed by atoms with Gasteiger partial charge in [0.05, 0.1) is 6.54 Å². The maximum atomic E-state index is 12.2. The topological polar surface area (TPSA) is 32.3 Å². The molecular formula is C16H29ClN2O. The van der Waals surface area contributed by atoms with Gasteiger partial charge in [-0.15, -0.1) is 12.4 Å². The molecule has 1 amide bonds. The van der Waals surface area contributed by atoms with E-state index in [-0.39, 0.29) is 18.3 Å². The van der Waals surface area contributed by atoms with E-state index >= 15 is 0 Å². The van der Waals surface area contributed by atoms with E-state index in [0.717, 1.165) is 36.8 Å². The second kappa shape index (κ2) is 6.65. The quantitative estimate of drug-likeness (QED) is 0.847. The number of likely N-dealkylation sites (N-methyl/N-ethyl adjacent to an activating group) is 1. The third-order valence-corrected chi connectivity index (χ3v) is 5.82. The summed E-state index contributed by atoms with van der Waals surface area (Å²) in [5.41, 5.74) is 0. The maximum Gasteiger partial charge on any atom is 0.234 e. The Labute approximate surface area is 129 Å². The Morgan fingerprint density at radius 3 is 1.95 bits per heavy atom. The number of nitrogens with one attached hydrogen (secondary N) is 1. The molecular weight excluding hydrogens is 272 g/mol. The van der Waals surface area contributed by atoms with Crippen LogP contribution in [0.2, 0.25) is 0 Å². The molecule has 0 heterocycles. The minimum Gasteiger partial charge on any atom is -0.352 e. The molecule has 1 N–H and O–H groups in total. The first-order valence-corrected chi connectivity index (χ1v) is 8.21. The minimum atomic E-state index is 0. The van der Waals surface area contributed by atoms with E-state index in [4.69, 9.17) is 0 Å². The number of carbonyl (C=O) groups is 1. The third kappa shape index (κ3) is 3.14. The molecule has 0 spiro atoms. The van der Waals surface area contributed by atoms with Crippen molar-refractivity contribution in [1.82, 2.24) is 10.2 Å². The molecule has 0 aliphatic heterocycles. The highest BCUT2D eigenvalue weighted by molar-refractivity contribution is 5.85. The van der Waals surface area contributed by atoms with Crippen LogP contribution in [0.4, 0.5) is 0 Å². The largest absolute Gasteiger partial charge is 0.352 e. The second-order valence-corrected chi connectivity index (χ2v) is 6.99. The molecule has 4 saturated carbocycles. The van der Waals surface area contributed by atoms with E-state index < -0.39 is 0 Å². The zero-order chi connectivity index (χ0) is 13.4. The summed E-state index contributed by atoms with van der Waals surface area (Å²) in [6.45, 7) is 6.76.